The van der Waals surface area contributed by atoms with Crippen LogP contribution in [-0.4, -0.2) is 60.7 Å². The minimum atomic E-state index is -4.38. The van der Waals surface area contributed by atoms with Crippen molar-refractivity contribution in [2.75, 3.05) is 32.7 Å². The Hall–Kier alpha value is -0.610. The van der Waals surface area contributed by atoms with E-state index in [1.807, 2.05) is 0 Å². The van der Waals surface area contributed by atoms with Crippen LogP contribution >= 0.6 is 36.2 Å². The van der Waals surface area contributed by atoms with E-state index in [0.29, 0.717) is 42.7 Å². The number of hydrogen-bond acceptors (Lipinski definition) is 5. The number of hydrogen-bond donors (Lipinski definition) is 2. The van der Waals surface area contributed by atoms with Crippen LogP contribution in [0.1, 0.15) is 34.2 Å². The molecular weight excluding hydrogens is 424 g/mol. The van der Waals surface area contributed by atoms with Gasteiger partial charge in [0, 0.05) is 39.1 Å². The van der Waals surface area contributed by atoms with Crippen molar-refractivity contribution < 1.29 is 18.0 Å². The van der Waals surface area contributed by atoms with Gasteiger partial charge in [-0.05, 0) is 12.8 Å². The zero-order valence-corrected chi connectivity index (χ0v) is 18.0. The number of amides is 1. The van der Waals surface area contributed by atoms with Crippen LogP contribution in [0.4, 0.5) is 13.2 Å². The van der Waals surface area contributed by atoms with E-state index in [4.69, 9.17) is 0 Å². The van der Waals surface area contributed by atoms with Gasteiger partial charge in [-0.3, -0.25) is 9.69 Å². The van der Waals surface area contributed by atoms with Crippen LogP contribution in [-0.2, 0) is 6.42 Å². The van der Waals surface area contributed by atoms with E-state index < -0.39 is 24.7 Å². The Labute approximate surface area is 174 Å². The zero-order valence-electron chi connectivity index (χ0n) is 15.6. The highest BCUT2D eigenvalue weighted by molar-refractivity contribution is 7.13. The first kappa shape index (κ1) is 26.4. The van der Waals surface area contributed by atoms with Crippen LogP contribution in [0.2, 0.25) is 0 Å². The van der Waals surface area contributed by atoms with E-state index in [9.17, 15) is 18.0 Å². The normalized spacial score (nSPS) is 16.4. The summed E-state index contributed by atoms with van der Waals surface area (Å²) in [6.07, 6.45) is -3.62. The first-order chi connectivity index (χ1) is 11.7. The molecule has 27 heavy (non-hydrogen) atoms. The van der Waals surface area contributed by atoms with Gasteiger partial charge in [0.05, 0.1) is 10.7 Å². The van der Waals surface area contributed by atoms with Gasteiger partial charge in [0.2, 0.25) is 0 Å². The predicted octanol–water partition coefficient (Wildman–Crippen LogP) is 3.06. The molecule has 2 heterocycles. The topological polar surface area (TPSA) is 57.3 Å². The van der Waals surface area contributed by atoms with Crippen LogP contribution < -0.4 is 10.6 Å². The van der Waals surface area contributed by atoms with Crippen molar-refractivity contribution >= 4 is 42.1 Å². The molecule has 11 heteroatoms. The van der Waals surface area contributed by atoms with Gasteiger partial charge in [0.25, 0.3) is 5.91 Å². The fraction of sp³-hybridized carbons (Fsp3) is 0.750. The lowest BCUT2D eigenvalue weighted by Crippen LogP contribution is -2.57. The number of piperazine rings is 1. The van der Waals surface area contributed by atoms with Crippen molar-refractivity contribution in [1.82, 2.24) is 20.5 Å². The molecule has 2 N–H and O–H groups in total. The van der Waals surface area contributed by atoms with E-state index >= 15 is 0 Å². The number of rotatable bonds is 6. The largest absolute Gasteiger partial charge is 0.405 e. The second-order valence-corrected chi connectivity index (χ2v) is 7.76. The predicted molar refractivity (Wildman–Crippen MR) is 107 cm³/mol. The molecule has 1 aromatic rings. The molecular formula is C16H27Cl2F3N4OS. The van der Waals surface area contributed by atoms with Crippen molar-refractivity contribution in [3.8, 4) is 0 Å². The molecule has 0 aromatic carbocycles. The number of nitrogens with one attached hydrogen (secondary N) is 2. The summed E-state index contributed by atoms with van der Waals surface area (Å²) in [5, 5.41) is 6.33. The quantitative estimate of drug-likeness (QED) is 0.698. The van der Waals surface area contributed by atoms with Crippen LogP contribution in [0.25, 0.3) is 0 Å². The minimum Gasteiger partial charge on any atom is -0.349 e. The summed E-state index contributed by atoms with van der Waals surface area (Å²) in [6, 6.07) is -1.66. The fourth-order valence-electron chi connectivity index (χ4n) is 2.81. The van der Waals surface area contributed by atoms with Gasteiger partial charge in [0.15, 0.2) is 0 Å². The lowest BCUT2D eigenvalue weighted by molar-refractivity contribution is -0.183. The minimum absolute atomic E-state index is 0. The Bertz CT molecular complexity index is 593. The Morgan fingerprint density at radius 2 is 1.89 bits per heavy atom. The molecule has 0 spiro atoms. The number of aryl methyl sites for hydroxylation is 1. The Morgan fingerprint density at radius 3 is 2.41 bits per heavy atom. The average molecular weight is 451 g/mol. The molecule has 1 amide bonds. The molecule has 2 rings (SSSR count). The molecule has 1 unspecified atom stereocenters. The first-order valence-electron chi connectivity index (χ1n) is 8.44. The number of alkyl halides is 3. The highest BCUT2D eigenvalue weighted by Gasteiger charge is 2.43. The smallest absolute Gasteiger partial charge is 0.349 e. The van der Waals surface area contributed by atoms with Gasteiger partial charge in [-0.2, -0.15) is 13.2 Å². The summed E-state index contributed by atoms with van der Waals surface area (Å²) in [4.78, 5) is 18.5. The maximum absolute atomic E-state index is 13.4. The maximum Gasteiger partial charge on any atom is 0.405 e. The van der Waals surface area contributed by atoms with Gasteiger partial charge in [-0.1, -0.05) is 13.8 Å². The van der Waals surface area contributed by atoms with Gasteiger partial charge >= 0.3 is 6.18 Å². The lowest BCUT2D eigenvalue weighted by Gasteiger charge is -2.35. The number of carbonyl (C=O) groups is 1. The molecule has 1 aliphatic heterocycles. The molecule has 1 aliphatic rings. The highest BCUT2D eigenvalue weighted by Crippen LogP contribution is 2.25. The number of thiazole rings is 1. The van der Waals surface area contributed by atoms with E-state index in [1.165, 1.54) is 16.2 Å². The van der Waals surface area contributed by atoms with Crippen LogP contribution in [0, 0.1) is 12.8 Å². The Morgan fingerprint density at radius 1 is 1.30 bits per heavy atom. The second-order valence-electron chi connectivity index (χ2n) is 6.67. The summed E-state index contributed by atoms with van der Waals surface area (Å²) in [7, 11) is 0. The van der Waals surface area contributed by atoms with Crippen LogP contribution in [0.15, 0.2) is 0 Å². The van der Waals surface area contributed by atoms with Gasteiger partial charge in [-0.25, -0.2) is 4.98 Å². The number of halogens is 5. The first-order valence-corrected chi connectivity index (χ1v) is 9.26. The molecule has 1 aromatic heterocycles. The van der Waals surface area contributed by atoms with Gasteiger partial charge < -0.3 is 10.6 Å². The molecule has 5 nitrogen and oxygen atoms in total. The lowest BCUT2D eigenvalue weighted by atomic mass is 10.1. The SMILES string of the molecule is Cc1nc(CC(C)C)sc1C(=O)NCC(N1CCNCC1)C(F)(F)F.Cl.Cl. The Kier molecular flexibility index (Phi) is 11.1. The molecule has 158 valence electrons. The summed E-state index contributed by atoms with van der Waals surface area (Å²) in [5.41, 5.74) is 0.573. The van der Waals surface area contributed by atoms with E-state index in [1.54, 1.807) is 6.92 Å². The van der Waals surface area contributed by atoms with E-state index in [0.717, 1.165) is 11.4 Å². The fourth-order valence-corrected chi connectivity index (χ4v) is 4.01. The number of nitrogens with zero attached hydrogens (tertiary/aromatic N) is 2. The average Bonchev–Trinajstić information content (AvgIpc) is 2.86. The molecule has 1 atom stereocenters. The van der Waals surface area contributed by atoms with Crippen molar-refractivity contribution in [1.29, 1.82) is 0 Å². The monoisotopic (exact) mass is 450 g/mol. The number of aromatic nitrogens is 1. The van der Waals surface area contributed by atoms with Crippen molar-refractivity contribution in [3.05, 3.63) is 15.6 Å². The third-order valence-electron chi connectivity index (χ3n) is 4.06. The van der Waals surface area contributed by atoms with Gasteiger partial charge in [0.1, 0.15) is 10.9 Å². The van der Waals surface area contributed by atoms with E-state index in [-0.39, 0.29) is 24.8 Å². The van der Waals surface area contributed by atoms with Crippen molar-refractivity contribution in [2.24, 2.45) is 5.92 Å². The highest BCUT2D eigenvalue weighted by atomic mass is 35.5. The maximum atomic E-state index is 13.4. The number of carbonyl (C=O) groups excluding carboxylic acids is 1. The van der Waals surface area contributed by atoms with Gasteiger partial charge in [-0.15, -0.1) is 36.2 Å². The molecule has 0 saturated carbocycles. The summed E-state index contributed by atoms with van der Waals surface area (Å²) < 4.78 is 40.1. The third-order valence-corrected chi connectivity index (χ3v) is 5.23. The third kappa shape index (κ3) is 7.73. The Balaban J connectivity index is 0.00000338. The molecule has 1 saturated heterocycles. The second kappa shape index (κ2) is 11.4. The summed E-state index contributed by atoms with van der Waals surface area (Å²) in [6.45, 7) is 7.05. The molecule has 0 aliphatic carbocycles. The molecule has 0 bridgehead atoms. The van der Waals surface area contributed by atoms with Crippen molar-refractivity contribution in [3.63, 3.8) is 0 Å². The van der Waals surface area contributed by atoms with Crippen LogP contribution in [0.5, 0.6) is 0 Å². The molecule has 1 fully saturated rings. The van der Waals surface area contributed by atoms with E-state index in [2.05, 4.69) is 29.5 Å². The van der Waals surface area contributed by atoms with Crippen molar-refractivity contribution in [2.45, 2.75) is 39.4 Å². The summed E-state index contributed by atoms with van der Waals surface area (Å²) >= 11 is 1.26. The standard InChI is InChI=1S/C16H25F3N4OS.2ClH/c1-10(2)8-13-22-11(3)14(25-13)15(24)21-9-12(16(17,18)19)23-6-4-20-5-7-23;;/h10,12,20H,4-9H2,1-3H3,(H,21,24);2*1H. The molecule has 0 radical (unpaired) electrons. The zero-order chi connectivity index (χ0) is 18.6. The van der Waals surface area contributed by atoms with Crippen LogP contribution in [0.3, 0.4) is 0 Å². The summed E-state index contributed by atoms with van der Waals surface area (Å²) in [5.74, 6) is -0.0711.